The Kier molecular flexibility index (Phi) is 11.1. The molecule has 0 aromatic rings. The number of hydrogen-bond acceptors (Lipinski definition) is 7. The van der Waals surface area contributed by atoms with E-state index in [-0.39, 0.29) is 39.1 Å². The second-order valence-electron chi connectivity index (χ2n) is 4.98. The first-order valence-corrected chi connectivity index (χ1v) is 8.03. The van der Waals surface area contributed by atoms with E-state index in [1.165, 1.54) is 0 Å². The minimum Gasteiger partial charge on any atom is -0.464 e. The number of carbonyl (C=O) groups is 3. The highest BCUT2D eigenvalue weighted by Gasteiger charge is 2.34. The Labute approximate surface area is 143 Å². The molecule has 0 saturated carbocycles. The van der Waals surface area contributed by atoms with Gasteiger partial charge in [0.1, 0.15) is 31.3 Å². The maximum Gasteiger partial charge on any atom is 0.305 e. The van der Waals surface area contributed by atoms with E-state index >= 15 is 0 Å². The first-order chi connectivity index (χ1) is 11.4. The second-order valence-corrected chi connectivity index (χ2v) is 4.98. The van der Waals surface area contributed by atoms with Gasteiger partial charge in [-0.1, -0.05) is 20.8 Å². The lowest BCUT2D eigenvalue weighted by Gasteiger charge is -2.26. The molecule has 0 saturated heterocycles. The summed E-state index contributed by atoms with van der Waals surface area (Å²) in [5.41, 5.74) is -1.17. The van der Waals surface area contributed by atoms with E-state index in [1.807, 2.05) is 0 Å². The highest BCUT2D eigenvalue weighted by molar-refractivity contribution is 5.70. The fourth-order valence-electron chi connectivity index (χ4n) is 1.41. The van der Waals surface area contributed by atoms with Crippen LogP contribution in [0.3, 0.4) is 0 Å². The summed E-state index contributed by atoms with van der Waals surface area (Å²) < 4.78 is 20.4. The van der Waals surface area contributed by atoms with E-state index in [4.69, 9.17) is 18.9 Å². The average Bonchev–Trinajstić information content (AvgIpc) is 2.61. The molecule has 0 fully saturated rings. The molecule has 0 radical (unpaired) electrons. The number of ether oxygens (including phenoxy) is 4. The Balaban J connectivity index is 5.27. The van der Waals surface area contributed by atoms with Gasteiger partial charge in [0.15, 0.2) is 0 Å². The normalized spacial score (nSPS) is 10.2. The first kappa shape index (κ1) is 21.8. The summed E-state index contributed by atoms with van der Waals surface area (Å²) in [6.07, 6.45) is 3.06. The van der Waals surface area contributed by atoms with E-state index in [0.29, 0.717) is 6.61 Å². The van der Waals surface area contributed by atoms with Gasteiger partial charge in [-0.25, -0.2) is 0 Å². The second kappa shape index (κ2) is 12.2. The molecule has 0 rings (SSSR count). The summed E-state index contributed by atoms with van der Waals surface area (Å²) in [4.78, 5) is 34.4. The lowest BCUT2D eigenvalue weighted by molar-refractivity contribution is -0.157. The molecule has 24 heavy (non-hydrogen) atoms. The molecule has 0 aliphatic heterocycles. The predicted octanol–water partition coefficient (Wildman–Crippen LogP) is 1.83. The van der Waals surface area contributed by atoms with Crippen molar-refractivity contribution < 1.29 is 33.3 Å². The first-order valence-electron chi connectivity index (χ1n) is 8.03. The molecule has 7 nitrogen and oxygen atoms in total. The molecule has 0 heterocycles. The Morgan fingerprint density at radius 3 is 1.42 bits per heavy atom. The molecule has 0 spiro atoms. The predicted molar refractivity (Wildman–Crippen MR) is 85.6 cm³/mol. The zero-order valence-corrected chi connectivity index (χ0v) is 14.8. The highest BCUT2D eigenvalue weighted by atomic mass is 16.6. The van der Waals surface area contributed by atoms with E-state index in [0.717, 1.165) is 0 Å². The summed E-state index contributed by atoms with van der Waals surface area (Å²) in [5, 5.41) is 0. The fraction of sp³-hybridized carbons (Fsp3) is 0.706. The summed E-state index contributed by atoms with van der Waals surface area (Å²) in [6, 6.07) is 0. The summed E-state index contributed by atoms with van der Waals surface area (Å²) >= 11 is 0. The van der Waals surface area contributed by atoms with Crippen LogP contribution in [-0.2, 0) is 33.3 Å². The van der Waals surface area contributed by atoms with Crippen LogP contribution in [0.4, 0.5) is 0 Å². The quantitative estimate of drug-likeness (QED) is 0.340. The molecule has 0 bridgehead atoms. The number of carbonyl (C=O) groups excluding carboxylic acids is 3. The molecule has 0 unspecified atom stereocenters. The molecule has 0 aromatic heterocycles. The molecule has 0 aliphatic rings. The zero-order chi connectivity index (χ0) is 18.4. The Morgan fingerprint density at radius 1 is 0.750 bits per heavy atom. The van der Waals surface area contributed by atoms with Crippen molar-refractivity contribution >= 4 is 17.9 Å². The van der Waals surface area contributed by atoms with Crippen molar-refractivity contribution in [1.82, 2.24) is 0 Å². The van der Waals surface area contributed by atoms with Crippen LogP contribution in [0.2, 0.25) is 0 Å². The van der Waals surface area contributed by atoms with Crippen molar-refractivity contribution in [3.05, 3.63) is 0 Å². The van der Waals surface area contributed by atoms with E-state index < -0.39 is 23.3 Å². The molecule has 0 atom stereocenters. The summed E-state index contributed by atoms with van der Waals surface area (Å²) in [5.74, 6) is 1.48. The average molecular weight is 342 g/mol. The Hall–Kier alpha value is -2.23. The molecular formula is C17H26O7. The third-order valence-electron chi connectivity index (χ3n) is 2.93. The van der Waals surface area contributed by atoms with Gasteiger partial charge in [-0.15, -0.1) is 0 Å². The van der Waals surface area contributed by atoms with Crippen LogP contribution >= 0.6 is 0 Å². The van der Waals surface area contributed by atoms with Crippen LogP contribution in [0, 0.1) is 17.4 Å². The fourth-order valence-corrected chi connectivity index (χ4v) is 1.41. The lowest BCUT2D eigenvalue weighted by atomic mass is 9.92. The van der Waals surface area contributed by atoms with Crippen molar-refractivity contribution in [2.24, 2.45) is 5.41 Å². The van der Waals surface area contributed by atoms with Gasteiger partial charge < -0.3 is 18.9 Å². The van der Waals surface area contributed by atoms with Gasteiger partial charge >= 0.3 is 17.9 Å². The maximum absolute atomic E-state index is 11.5. The van der Waals surface area contributed by atoms with Crippen molar-refractivity contribution in [1.29, 1.82) is 0 Å². The van der Waals surface area contributed by atoms with Crippen molar-refractivity contribution in [3.8, 4) is 12.0 Å². The molecule has 0 amide bonds. The van der Waals surface area contributed by atoms with Gasteiger partial charge in [0.05, 0.1) is 6.61 Å². The van der Waals surface area contributed by atoms with Gasteiger partial charge in [0.2, 0.25) is 0 Å². The van der Waals surface area contributed by atoms with E-state index in [2.05, 4.69) is 12.0 Å². The SMILES string of the molecule is CCOC#CC(COC(=O)CC)(COC(=O)CC)COC(=O)CC. The lowest BCUT2D eigenvalue weighted by Crippen LogP contribution is -2.38. The van der Waals surface area contributed by atoms with Crippen LogP contribution in [0.1, 0.15) is 47.0 Å². The van der Waals surface area contributed by atoms with E-state index in [1.54, 1.807) is 27.7 Å². The third kappa shape index (κ3) is 9.03. The van der Waals surface area contributed by atoms with Gasteiger partial charge in [-0.3, -0.25) is 14.4 Å². The van der Waals surface area contributed by atoms with Gasteiger partial charge in [-0.05, 0) is 12.8 Å². The summed E-state index contributed by atoms with van der Waals surface area (Å²) in [7, 11) is 0. The molecular weight excluding hydrogens is 316 g/mol. The van der Waals surface area contributed by atoms with E-state index in [9.17, 15) is 14.4 Å². The maximum atomic E-state index is 11.5. The zero-order valence-electron chi connectivity index (χ0n) is 14.8. The standard InChI is InChI=1S/C17H26O7/c1-5-14(18)22-11-17(9-10-21-8-4,12-23-15(19)6-2)13-24-16(20)7-3/h5-8,11-13H2,1-4H3. The summed E-state index contributed by atoms with van der Waals surface area (Å²) in [6.45, 7) is 6.58. The number of rotatable bonds is 10. The van der Waals surface area contributed by atoms with Gasteiger partial charge in [0.25, 0.3) is 0 Å². The van der Waals surface area contributed by atoms with Crippen LogP contribution in [-0.4, -0.2) is 44.3 Å². The van der Waals surface area contributed by atoms with Crippen LogP contribution in [0.25, 0.3) is 0 Å². The third-order valence-corrected chi connectivity index (χ3v) is 2.93. The Bertz CT molecular complexity index is 423. The molecule has 0 N–H and O–H groups in total. The minimum atomic E-state index is -1.17. The van der Waals surface area contributed by atoms with Crippen molar-refractivity contribution in [2.75, 3.05) is 26.4 Å². The number of hydrogen-bond donors (Lipinski definition) is 0. The topological polar surface area (TPSA) is 88.1 Å². The van der Waals surface area contributed by atoms with Crippen molar-refractivity contribution in [3.63, 3.8) is 0 Å². The van der Waals surface area contributed by atoms with Crippen LogP contribution in [0.5, 0.6) is 0 Å². The van der Waals surface area contributed by atoms with Gasteiger partial charge in [0, 0.05) is 19.3 Å². The smallest absolute Gasteiger partial charge is 0.305 e. The molecule has 0 aliphatic carbocycles. The molecule has 0 aromatic carbocycles. The number of esters is 3. The van der Waals surface area contributed by atoms with Crippen LogP contribution in [0.15, 0.2) is 0 Å². The molecule has 7 heteroatoms. The molecule has 136 valence electrons. The monoisotopic (exact) mass is 342 g/mol. The van der Waals surface area contributed by atoms with Crippen LogP contribution < -0.4 is 0 Å². The van der Waals surface area contributed by atoms with Crippen molar-refractivity contribution in [2.45, 2.75) is 47.0 Å². The Morgan fingerprint density at radius 2 is 1.12 bits per heavy atom. The minimum absolute atomic E-state index is 0.173. The highest BCUT2D eigenvalue weighted by Crippen LogP contribution is 2.20. The van der Waals surface area contributed by atoms with Gasteiger partial charge in [-0.2, -0.15) is 0 Å². The largest absolute Gasteiger partial charge is 0.464 e.